The maximum Gasteiger partial charge on any atom is 0.254 e. The molecule has 0 fully saturated rings. The average Bonchev–Trinajstić information content (AvgIpc) is 2.64. The van der Waals surface area contributed by atoms with E-state index in [1.165, 1.54) is 0 Å². The number of carbonyl (C=O) groups is 1. The summed E-state index contributed by atoms with van der Waals surface area (Å²) in [6.45, 7) is 0. The third kappa shape index (κ3) is 4.29. The maximum absolute atomic E-state index is 13.9. The monoisotopic (exact) mass is 337 g/mol. The van der Waals surface area contributed by atoms with Crippen molar-refractivity contribution in [1.82, 2.24) is 5.32 Å². The molecule has 126 valence electrons. The van der Waals surface area contributed by atoms with E-state index in [0.717, 1.165) is 29.3 Å². The van der Waals surface area contributed by atoms with E-state index in [4.69, 9.17) is 0 Å². The second-order valence-corrected chi connectivity index (χ2v) is 5.75. The van der Waals surface area contributed by atoms with Gasteiger partial charge in [0.05, 0.1) is 11.6 Å². The van der Waals surface area contributed by atoms with E-state index in [1.807, 2.05) is 60.7 Å². The van der Waals surface area contributed by atoms with Gasteiger partial charge in [-0.15, -0.1) is 0 Å². The summed E-state index contributed by atoms with van der Waals surface area (Å²) in [5.41, 5.74) is 1.64. The standard InChI is InChI=1S/C21H17F2NO/c22-17-11-12-19(23)18(14-17)21(25)24-20(16-9-5-2-6-10-16)13-15-7-3-1-4-8-15/h1-12,14,20H,13H2,(H,24,25). The van der Waals surface area contributed by atoms with Crippen molar-refractivity contribution in [3.05, 3.63) is 107 Å². The van der Waals surface area contributed by atoms with Gasteiger partial charge in [-0.25, -0.2) is 8.78 Å². The van der Waals surface area contributed by atoms with Crippen LogP contribution in [-0.2, 0) is 6.42 Å². The van der Waals surface area contributed by atoms with Crippen molar-refractivity contribution in [3.8, 4) is 0 Å². The highest BCUT2D eigenvalue weighted by atomic mass is 19.1. The number of hydrogen-bond donors (Lipinski definition) is 1. The van der Waals surface area contributed by atoms with Gasteiger partial charge in [0, 0.05) is 0 Å². The minimum atomic E-state index is -0.745. The van der Waals surface area contributed by atoms with Crippen molar-refractivity contribution in [2.24, 2.45) is 0 Å². The van der Waals surface area contributed by atoms with Gasteiger partial charge >= 0.3 is 0 Å². The first-order valence-corrected chi connectivity index (χ1v) is 7.98. The number of carbonyl (C=O) groups excluding carboxylic acids is 1. The molecule has 0 aliphatic carbocycles. The Morgan fingerprint density at radius 3 is 2.20 bits per heavy atom. The van der Waals surface area contributed by atoms with E-state index >= 15 is 0 Å². The summed E-state index contributed by atoms with van der Waals surface area (Å²) in [5, 5.41) is 2.82. The van der Waals surface area contributed by atoms with Gasteiger partial charge in [-0.05, 0) is 35.7 Å². The fourth-order valence-corrected chi connectivity index (χ4v) is 2.69. The molecule has 0 aromatic heterocycles. The third-order valence-corrected chi connectivity index (χ3v) is 3.96. The second kappa shape index (κ2) is 7.71. The van der Waals surface area contributed by atoms with E-state index in [9.17, 15) is 13.6 Å². The van der Waals surface area contributed by atoms with Crippen LogP contribution in [0.5, 0.6) is 0 Å². The van der Waals surface area contributed by atoms with Crippen LogP contribution in [0.2, 0.25) is 0 Å². The Labute approximate surface area is 145 Å². The summed E-state index contributed by atoms with van der Waals surface area (Å²) in [6.07, 6.45) is 0.549. The van der Waals surface area contributed by atoms with Crippen LogP contribution in [0.3, 0.4) is 0 Å². The Hall–Kier alpha value is -3.01. The van der Waals surface area contributed by atoms with Crippen LogP contribution in [0.1, 0.15) is 27.5 Å². The molecule has 25 heavy (non-hydrogen) atoms. The second-order valence-electron chi connectivity index (χ2n) is 5.75. The molecule has 3 rings (SSSR count). The van der Waals surface area contributed by atoms with Gasteiger partial charge < -0.3 is 5.32 Å². The summed E-state index contributed by atoms with van der Waals surface area (Å²) >= 11 is 0. The lowest BCUT2D eigenvalue weighted by atomic mass is 9.98. The molecule has 0 radical (unpaired) electrons. The number of rotatable bonds is 5. The summed E-state index contributed by atoms with van der Waals surface area (Å²) in [4.78, 5) is 12.5. The minimum absolute atomic E-state index is 0.297. The molecule has 0 spiro atoms. The van der Waals surface area contributed by atoms with Crippen molar-refractivity contribution in [1.29, 1.82) is 0 Å². The van der Waals surface area contributed by atoms with Gasteiger partial charge in [-0.2, -0.15) is 0 Å². The topological polar surface area (TPSA) is 29.1 Å². The molecular weight excluding hydrogens is 320 g/mol. The predicted octanol–water partition coefficient (Wildman–Crippen LogP) is 4.68. The Balaban J connectivity index is 1.87. The molecule has 0 bridgehead atoms. The van der Waals surface area contributed by atoms with E-state index in [-0.39, 0.29) is 11.6 Å². The van der Waals surface area contributed by atoms with Gasteiger partial charge in [-0.1, -0.05) is 60.7 Å². The highest BCUT2D eigenvalue weighted by molar-refractivity contribution is 5.94. The Morgan fingerprint density at radius 1 is 0.880 bits per heavy atom. The SMILES string of the molecule is O=C(NC(Cc1ccccc1)c1ccccc1)c1cc(F)ccc1F. The van der Waals surface area contributed by atoms with Gasteiger partial charge in [0.25, 0.3) is 5.91 Å². The maximum atomic E-state index is 13.9. The molecule has 3 aromatic rings. The zero-order chi connectivity index (χ0) is 17.6. The Morgan fingerprint density at radius 2 is 1.52 bits per heavy atom. The largest absolute Gasteiger partial charge is 0.345 e. The molecule has 4 heteroatoms. The number of hydrogen-bond acceptors (Lipinski definition) is 1. The fourth-order valence-electron chi connectivity index (χ4n) is 2.69. The first kappa shape index (κ1) is 16.8. The zero-order valence-corrected chi connectivity index (χ0v) is 13.5. The van der Waals surface area contributed by atoms with Crippen LogP contribution in [-0.4, -0.2) is 5.91 Å². The van der Waals surface area contributed by atoms with Crippen LogP contribution in [0, 0.1) is 11.6 Å². The van der Waals surface area contributed by atoms with Gasteiger partial charge in [-0.3, -0.25) is 4.79 Å². The molecule has 0 saturated carbocycles. The molecular formula is C21H17F2NO. The molecule has 2 nitrogen and oxygen atoms in total. The van der Waals surface area contributed by atoms with Crippen LogP contribution in [0.15, 0.2) is 78.9 Å². The summed E-state index contributed by atoms with van der Waals surface area (Å²) in [6, 6.07) is 21.6. The average molecular weight is 337 g/mol. The lowest BCUT2D eigenvalue weighted by molar-refractivity contribution is 0.0932. The fraction of sp³-hybridized carbons (Fsp3) is 0.0952. The molecule has 0 aliphatic rings. The lowest BCUT2D eigenvalue weighted by Gasteiger charge is -2.20. The lowest BCUT2D eigenvalue weighted by Crippen LogP contribution is -2.30. The summed E-state index contributed by atoms with van der Waals surface area (Å²) < 4.78 is 27.2. The van der Waals surface area contributed by atoms with Crippen LogP contribution >= 0.6 is 0 Å². The first-order chi connectivity index (χ1) is 12.1. The Kier molecular flexibility index (Phi) is 5.19. The number of benzene rings is 3. The van der Waals surface area contributed by atoms with Crippen LogP contribution in [0.25, 0.3) is 0 Å². The van der Waals surface area contributed by atoms with Crippen molar-refractivity contribution in [2.45, 2.75) is 12.5 Å². The summed E-state index contributed by atoms with van der Waals surface area (Å²) in [5.74, 6) is -2.03. The molecule has 1 amide bonds. The van der Waals surface area contributed by atoms with Crippen LogP contribution in [0.4, 0.5) is 8.78 Å². The van der Waals surface area contributed by atoms with Gasteiger partial charge in [0.15, 0.2) is 0 Å². The highest BCUT2D eigenvalue weighted by Crippen LogP contribution is 2.20. The van der Waals surface area contributed by atoms with Crippen molar-refractivity contribution in [3.63, 3.8) is 0 Å². The van der Waals surface area contributed by atoms with Crippen molar-refractivity contribution >= 4 is 5.91 Å². The quantitative estimate of drug-likeness (QED) is 0.720. The molecule has 3 aromatic carbocycles. The van der Waals surface area contributed by atoms with Crippen molar-refractivity contribution in [2.75, 3.05) is 0 Å². The smallest absolute Gasteiger partial charge is 0.254 e. The van der Waals surface area contributed by atoms with E-state index in [2.05, 4.69) is 5.32 Å². The number of nitrogens with one attached hydrogen (secondary N) is 1. The van der Waals surface area contributed by atoms with E-state index < -0.39 is 17.5 Å². The number of halogens is 2. The Bertz CT molecular complexity index is 850. The van der Waals surface area contributed by atoms with Gasteiger partial charge in [0.1, 0.15) is 11.6 Å². The normalized spacial score (nSPS) is 11.8. The highest BCUT2D eigenvalue weighted by Gasteiger charge is 2.19. The van der Waals surface area contributed by atoms with Gasteiger partial charge in [0.2, 0.25) is 0 Å². The first-order valence-electron chi connectivity index (χ1n) is 7.98. The molecule has 0 heterocycles. The van der Waals surface area contributed by atoms with E-state index in [1.54, 1.807) is 0 Å². The predicted molar refractivity (Wildman–Crippen MR) is 93.2 cm³/mol. The van der Waals surface area contributed by atoms with Crippen LogP contribution < -0.4 is 5.32 Å². The molecule has 0 saturated heterocycles. The number of amides is 1. The molecule has 0 aliphatic heterocycles. The van der Waals surface area contributed by atoms with E-state index in [0.29, 0.717) is 6.42 Å². The summed E-state index contributed by atoms with van der Waals surface area (Å²) in [7, 11) is 0. The zero-order valence-electron chi connectivity index (χ0n) is 13.5. The molecule has 1 unspecified atom stereocenters. The molecule has 1 atom stereocenters. The molecule has 1 N–H and O–H groups in total. The third-order valence-electron chi connectivity index (χ3n) is 3.96. The minimum Gasteiger partial charge on any atom is -0.345 e. The van der Waals surface area contributed by atoms with Crippen molar-refractivity contribution < 1.29 is 13.6 Å².